The first-order chi connectivity index (χ1) is 5.04. The summed E-state index contributed by atoms with van der Waals surface area (Å²) in [5.41, 5.74) is 0. The summed E-state index contributed by atoms with van der Waals surface area (Å²) in [6.45, 7) is 0. The summed E-state index contributed by atoms with van der Waals surface area (Å²) >= 11 is 0. The number of amidine groups is 1. The summed E-state index contributed by atoms with van der Waals surface area (Å²) in [6, 6.07) is -1.14. The molecule has 11 heavy (non-hydrogen) atoms. The van der Waals surface area contributed by atoms with Gasteiger partial charge in [0.2, 0.25) is 0 Å². The number of hydrogen-bond donors (Lipinski definition) is 2. The van der Waals surface area contributed by atoms with E-state index in [1.165, 1.54) is 11.9 Å². The molecule has 1 rings (SSSR count). The van der Waals surface area contributed by atoms with Crippen LogP contribution in [0.25, 0.3) is 0 Å². The summed E-state index contributed by atoms with van der Waals surface area (Å²) < 4.78 is 0. The molecular formula is C6H8N2O3. The molecule has 1 unspecified atom stereocenters. The van der Waals surface area contributed by atoms with Crippen LogP contribution in [-0.2, 0) is 9.59 Å². The van der Waals surface area contributed by atoms with Gasteiger partial charge in [-0.05, 0) is 0 Å². The number of carbonyl (C=O) groups excluding carboxylic acids is 1. The SMILES string of the molecule is CN1C(=N)CC(=O)C1C(=O)O. The lowest BCUT2D eigenvalue weighted by Gasteiger charge is -2.14. The van der Waals surface area contributed by atoms with Crippen molar-refractivity contribution in [1.29, 1.82) is 5.41 Å². The van der Waals surface area contributed by atoms with E-state index in [-0.39, 0.29) is 12.3 Å². The van der Waals surface area contributed by atoms with E-state index in [0.29, 0.717) is 0 Å². The molecule has 0 spiro atoms. The average molecular weight is 156 g/mol. The van der Waals surface area contributed by atoms with Crippen molar-refractivity contribution < 1.29 is 14.7 Å². The second kappa shape index (κ2) is 2.34. The van der Waals surface area contributed by atoms with Gasteiger partial charge >= 0.3 is 5.97 Å². The number of ketones is 1. The first kappa shape index (κ1) is 7.71. The van der Waals surface area contributed by atoms with Crippen molar-refractivity contribution in [1.82, 2.24) is 4.90 Å². The van der Waals surface area contributed by atoms with Crippen LogP contribution in [0, 0.1) is 5.41 Å². The molecule has 0 radical (unpaired) electrons. The number of rotatable bonds is 1. The summed E-state index contributed by atoms with van der Waals surface area (Å²) in [6.07, 6.45) is -0.0620. The summed E-state index contributed by atoms with van der Waals surface area (Å²) in [7, 11) is 1.44. The predicted octanol–water partition coefficient (Wildman–Crippen LogP) is -0.679. The van der Waals surface area contributed by atoms with Crippen molar-refractivity contribution in [3.63, 3.8) is 0 Å². The molecule has 2 N–H and O–H groups in total. The van der Waals surface area contributed by atoms with Crippen LogP contribution in [0.5, 0.6) is 0 Å². The molecule has 5 heteroatoms. The van der Waals surface area contributed by atoms with E-state index in [2.05, 4.69) is 0 Å². The molecule has 0 bridgehead atoms. The fraction of sp³-hybridized carbons (Fsp3) is 0.500. The van der Waals surface area contributed by atoms with Gasteiger partial charge in [-0.2, -0.15) is 0 Å². The minimum absolute atomic E-state index is 0.0620. The highest BCUT2D eigenvalue weighted by Gasteiger charge is 2.38. The Morgan fingerprint density at radius 2 is 2.36 bits per heavy atom. The lowest BCUT2D eigenvalue weighted by atomic mass is 10.2. The number of Topliss-reactive ketones (excluding diaryl/α,β-unsaturated/α-hetero) is 1. The lowest BCUT2D eigenvalue weighted by molar-refractivity contribution is -0.144. The second-order valence-corrected chi connectivity index (χ2v) is 2.44. The molecule has 1 aliphatic rings. The first-order valence-corrected chi connectivity index (χ1v) is 3.10. The zero-order chi connectivity index (χ0) is 8.59. The summed E-state index contributed by atoms with van der Waals surface area (Å²) in [5, 5.41) is 15.7. The Labute approximate surface area is 63.1 Å². The van der Waals surface area contributed by atoms with Crippen molar-refractivity contribution in [3.05, 3.63) is 0 Å². The van der Waals surface area contributed by atoms with Crippen LogP contribution in [0.4, 0.5) is 0 Å². The Morgan fingerprint density at radius 1 is 1.82 bits per heavy atom. The zero-order valence-corrected chi connectivity index (χ0v) is 6.00. The van der Waals surface area contributed by atoms with Crippen molar-refractivity contribution in [2.75, 3.05) is 7.05 Å². The lowest BCUT2D eigenvalue weighted by Crippen LogP contribution is -2.38. The van der Waals surface area contributed by atoms with Crippen LogP contribution in [0.15, 0.2) is 0 Å². The first-order valence-electron chi connectivity index (χ1n) is 3.10. The molecule has 1 fully saturated rings. The van der Waals surface area contributed by atoms with Crippen LogP contribution in [0.3, 0.4) is 0 Å². The normalized spacial score (nSPS) is 24.5. The van der Waals surface area contributed by atoms with Crippen LogP contribution in [-0.4, -0.2) is 40.7 Å². The van der Waals surface area contributed by atoms with Gasteiger partial charge in [-0.1, -0.05) is 0 Å². The van der Waals surface area contributed by atoms with Gasteiger partial charge in [-0.15, -0.1) is 0 Å². The van der Waals surface area contributed by atoms with E-state index in [1.807, 2.05) is 0 Å². The molecule has 1 atom stereocenters. The molecule has 0 aromatic carbocycles. The Balaban J connectivity index is 2.88. The topological polar surface area (TPSA) is 81.5 Å². The van der Waals surface area contributed by atoms with Crippen LogP contribution < -0.4 is 0 Å². The van der Waals surface area contributed by atoms with Gasteiger partial charge in [0, 0.05) is 7.05 Å². The number of hydrogen-bond acceptors (Lipinski definition) is 3. The van der Waals surface area contributed by atoms with Crippen LogP contribution >= 0.6 is 0 Å². The molecule has 1 heterocycles. The zero-order valence-electron chi connectivity index (χ0n) is 6.00. The minimum Gasteiger partial charge on any atom is -0.479 e. The fourth-order valence-electron chi connectivity index (χ4n) is 1.06. The van der Waals surface area contributed by atoms with E-state index in [0.717, 1.165) is 0 Å². The molecule has 1 saturated heterocycles. The number of aliphatic carboxylic acids is 1. The van der Waals surface area contributed by atoms with Gasteiger partial charge in [-0.3, -0.25) is 10.2 Å². The van der Waals surface area contributed by atoms with Crippen molar-refractivity contribution in [2.45, 2.75) is 12.5 Å². The standard InChI is InChI=1S/C6H8N2O3/c1-8-4(7)2-3(9)5(8)6(10)11/h5,7H,2H2,1H3,(H,10,11). The van der Waals surface area contributed by atoms with Crippen LogP contribution in [0.1, 0.15) is 6.42 Å². The maximum Gasteiger partial charge on any atom is 0.334 e. The highest BCUT2D eigenvalue weighted by molar-refractivity contribution is 6.17. The highest BCUT2D eigenvalue weighted by Crippen LogP contribution is 2.12. The number of likely N-dealkylation sites (N-methyl/N-ethyl adjacent to an activating group) is 1. The summed E-state index contributed by atoms with van der Waals surface area (Å²) in [4.78, 5) is 22.5. The van der Waals surface area contributed by atoms with E-state index in [9.17, 15) is 9.59 Å². The maximum atomic E-state index is 10.9. The van der Waals surface area contributed by atoms with Crippen LogP contribution in [0.2, 0.25) is 0 Å². The predicted molar refractivity (Wildman–Crippen MR) is 36.5 cm³/mol. The largest absolute Gasteiger partial charge is 0.479 e. The number of likely N-dealkylation sites (tertiary alicyclic amines) is 1. The molecule has 0 aromatic heterocycles. The molecular weight excluding hydrogens is 148 g/mol. The van der Waals surface area contributed by atoms with E-state index >= 15 is 0 Å². The van der Waals surface area contributed by atoms with E-state index in [1.54, 1.807) is 0 Å². The van der Waals surface area contributed by atoms with E-state index < -0.39 is 17.8 Å². The Hall–Kier alpha value is -1.39. The second-order valence-electron chi connectivity index (χ2n) is 2.44. The number of carboxylic acid groups (broad SMARTS) is 1. The Morgan fingerprint density at radius 3 is 2.55 bits per heavy atom. The van der Waals surface area contributed by atoms with Crippen molar-refractivity contribution in [3.8, 4) is 0 Å². The molecule has 60 valence electrons. The minimum atomic E-state index is -1.18. The van der Waals surface area contributed by atoms with E-state index in [4.69, 9.17) is 10.5 Å². The van der Waals surface area contributed by atoms with Gasteiger partial charge in [-0.25, -0.2) is 4.79 Å². The number of nitrogens with one attached hydrogen (secondary N) is 1. The quantitative estimate of drug-likeness (QED) is 0.493. The molecule has 0 aromatic rings. The molecule has 0 aliphatic carbocycles. The Bertz CT molecular complexity index is 236. The smallest absolute Gasteiger partial charge is 0.334 e. The fourth-order valence-corrected chi connectivity index (χ4v) is 1.06. The average Bonchev–Trinajstić information content (AvgIpc) is 2.07. The van der Waals surface area contributed by atoms with Gasteiger partial charge in [0.25, 0.3) is 0 Å². The monoisotopic (exact) mass is 156 g/mol. The maximum absolute atomic E-state index is 10.9. The third-order valence-electron chi connectivity index (χ3n) is 1.69. The number of carbonyl (C=O) groups is 2. The van der Waals surface area contributed by atoms with Crippen molar-refractivity contribution >= 4 is 17.6 Å². The third kappa shape index (κ3) is 1.09. The molecule has 0 amide bonds. The number of carboxylic acids is 1. The highest BCUT2D eigenvalue weighted by atomic mass is 16.4. The Kier molecular flexibility index (Phi) is 1.64. The third-order valence-corrected chi connectivity index (χ3v) is 1.69. The molecule has 5 nitrogen and oxygen atoms in total. The van der Waals surface area contributed by atoms with Gasteiger partial charge in [0.15, 0.2) is 11.8 Å². The van der Waals surface area contributed by atoms with Gasteiger partial charge in [0.05, 0.1) is 6.42 Å². The molecule has 1 aliphatic heterocycles. The van der Waals surface area contributed by atoms with Crippen molar-refractivity contribution in [2.24, 2.45) is 0 Å². The molecule has 0 saturated carbocycles. The van der Waals surface area contributed by atoms with Gasteiger partial charge < -0.3 is 10.0 Å². The summed E-state index contributed by atoms with van der Waals surface area (Å²) in [5.74, 6) is -1.52. The number of nitrogens with zero attached hydrogens (tertiary/aromatic N) is 1. The van der Waals surface area contributed by atoms with Gasteiger partial charge in [0.1, 0.15) is 5.84 Å².